The van der Waals surface area contributed by atoms with E-state index < -0.39 is 6.04 Å². The first-order valence-electron chi connectivity index (χ1n) is 11.5. The van der Waals surface area contributed by atoms with E-state index in [9.17, 15) is 9.59 Å². The van der Waals surface area contributed by atoms with Gasteiger partial charge in [0, 0.05) is 62.8 Å². The van der Waals surface area contributed by atoms with Crippen LogP contribution < -0.4 is 15.5 Å². The standard InChI is InChI=1S/C25H32N6O2/c1-18(32)29-23(14-20-17-26-22-7-4-3-6-21(20)22)25(33)28-16-19-8-9-24(27-15-19)31-11-5-10-30(2)12-13-31/h3-4,6-9,15,17,23,26H,5,10-14,16H2,1-2H3,(H,28,33)(H,29,32)/t23-/m1/s1. The number of carbonyl (C=O) groups excluding carboxylic acids is 2. The van der Waals surface area contributed by atoms with E-state index in [0.717, 1.165) is 60.4 Å². The van der Waals surface area contributed by atoms with Crippen LogP contribution in [0.4, 0.5) is 5.82 Å². The van der Waals surface area contributed by atoms with E-state index in [2.05, 4.69) is 37.4 Å². The summed E-state index contributed by atoms with van der Waals surface area (Å²) in [5.41, 5.74) is 2.93. The minimum absolute atomic E-state index is 0.213. The molecule has 3 N–H and O–H groups in total. The number of rotatable bonds is 7. The maximum absolute atomic E-state index is 12.9. The molecular weight excluding hydrogens is 416 g/mol. The van der Waals surface area contributed by atoms with E-state index in [1.807, 2.05) is 48.8 Å². The summed E-state index contributed by atoms with van der Waals surface area (Å²) >= 11 is 0. The van der Waals surface area contributed by atoms with Crippen LogP contribution in [0, 0.1) is 0 Å². The second-order valence-corrected chi connectivity index (χ2v) is 8.70. The Hall–Kier alpha value is -3.39. The molecule has 33 heavy (non-hydrogen) atoms. The van der Waals surface area contributed by atoms with Gasteiger partial charge in [-0.25, -0.2) is 4.98 Å². The van der Waals surface area contributed by atoms with Crippen molar-refractivity contribution in [1.29, 1.82) is 0 Å². The Labute approximate surface area is 194 Å². The van der Waals surface area contributed by atoms with Crippen LogP contribution in [0.2, 0.25) is 0 Å². The Morgan fingerprint density at radius 1 is 1.12 bits per heavy atom. The third kappa shape index (κ3) is 5.90. The molecule has 8 heteroatoms. The lowest BCUT2D eigenvalue weighted by molar-refractivity contribution is -0.128. The van der Waals surface area contributed by atoms with Crippen LogP contribution in [0.5, 0.6) is 0 Å². The minimum atomic E-state index is -0.650. The van der Waals surface area contributed by atoms with Crippen LogP contribution in [0.1, 0.15) is 24.5 Å². The van der Waals surface area contributed by atoms with Gasteiger partial charge in [0.2, 0.25) is 11.8 Å². The SMILES string of the molecule is CC(=O)N[C@H](Cc1c[nH]c2ccccc12)C(=O)NCc1ccc(N2CCCN(C)CC2)nc1. The van der Waals surface area contributed by atoms with E-state index in [-0.39, 0.29) is 11.8 Å². The van der Waals surface area contributed by atoms with Crippen LogP contribution in [-0.2, 0) is 22.6 Å². The van der Waals surface area contributed by atoms with E-state index in [1.54, 1.807) is 0 Å². The number of aromatic nitrogens is 2. The van der Waals surface area contributed by atoms with Gasteiger partial charge in [0.15, 0.2) is 0 Å². The van der Waals surface area contributed by atoms with Gasteiger partial charge in [-0.15, -0.1) is 0 Å². The van der Waals surface area contributed by atoms with Gasteiger partial charge >= 0.3 is 0 Å². The highest BCUT2D eigenvalue weighted by Gasteiger charge is 2.21. The summed E-state index contributed by atoms with van der Waals surface area (Å²) in [6.45, 7) is 5.89. The largest absolute Gasteiger partial charge is 0.361 e. The molecule has 0 unspecified atom stereocenters. The van der Waals surface area contributed by atoms with Crippen LogP contribution in [0.15, 0.2) is 48.8 Å². The molecule has 0 spiro atoms. The third-order valence-electron chi connectivity index (χ3n) is 6.11. The molecule has 3 aromatic rings. The number of likely N-dealkylation sites (N-methyl/N-ethyl adjacent to an activating group) is 1. The van der Waals surface area contributed by atoms with Gasteiger partial charge in [-0.05, 0) is 43.3 Å². The molecule has 0 saturated carbocycles. The fourth-order valence-electron chi connectivity index (χ4n) is 4.27. The number of fused-ring (bicyclic) bond motifs is 1. The Balaban J connectivity index is 1.37. The van der Waals surface area contributed by atoms with Gasteiger partial charge in [0.05, 0.1) is 0 Å². The van der Waals surface area contributed by atoms with E-state index in [1.165, 1.54) is 6.92 Å². The van der Waals surface area contributed by atoms with E-state index >= 15 is 0 Å². The molecule has 1 aromatic carbocycles. The van der Waals surface area contributed by atoms with Crippen LogP contribution in [0.3, 0.4) is 0 Å². The lowest BCUT2D eigenvalue weighted by Gasteiger charge is -2.22. The molecule has 2 aromatic heterocycles. The monoisotopic (exact) mass is 448 g/mol. The van der Waals surface area contributed by atoms with Crippen LogP contribution >= 0.6 is 0 Å². The number of nitrogens with one attached hydrogen (secondary N) is 3. The quantitative estimate of drug-likeness (QED) is 0.515. The number of anilines is 1. The van der Waals surface area contributed by atoms with Crippen molar-refractivity contribution in [3.05, 3.63) is 59.9 Å². The van der Waals surface area contributed by atoms with Gasteiger partial charge in [-0.2, -0.15) is 0 Å². The highest BCUT2D eigenvalue weighted by Crippen LogP contribution is 2.19. The molecule has 0 bridgehead atoms. The molecule has 3 heterocycles. The first kappa shape index (κ1) is 22.8. The Morgan fingerprint density at radius 3 is 2.76 bits per heavy atom. The highest BCUT2D eigenvalue weighted by atomic mass is 16.2. The molecular formula is C25H32N6O2. The van der Waals surface area contributed by atoms with Crippen molar-refractivity contribution in [3.8, 4) is 0 Å². The van der Waals surface area contributed by atoms with Crippen LogP contribution in [-0.4, -0.2) is 66.0 Å². The number of carbonyl (C=O) groups is 2. The van der Waals surface area contributed by atoms with Crippen molar-refractivity contribution in [2.75, 3.05) is 38.1 Å². The van der Waals surface area contributed by atoms with Crippen molar-refractivity contribution in [2.45, 2.75) is 32.4 Å². The maximum atomic E-state index is 12.9. The summed E-state index contributed by atoms with van der Waals surface area (Å²) < 4.78 is 0. The molecule has 1 saturated heterocycles. The number of aromatic amines is 1. The van der Waals surface area contributed by atoms with Crippen molar-refractivity contribution >= 4 is 28.5 Å². The number of hydrogen-bond acceptors (Lipinski definition) is 5. The van der Waals surface area contributed by atoms with Gasteiger partial charge in [-0.3, -0.25) is 9.59 Å². The highest BCUT2D eigenvalue weighted by molar-refractivity contribution is 5.89. The second kappa shape index (κ2) is 10.5. The molecule has 4 rings (SSSR count). The van der Waals surface area contributed by atoms with Crippen molar-refractivity contribution in [2.24, 2.45) is 0 Å². The summed E-state index contributed by atoms with van der Waals surface area (Å²) in [4.78, 5) is 37.2. The van der Waals surface area contributed by atoms with Crippen molar-refractivity contribution in [1.82, 2.24) is 25.5 Å². The topological polar surface area (TPSA) is 93.4 Å². The number of pyridine rings is 1. The number of nitrogens with zero attached hydrogens (tertiary/aromatic N) is 3. The number of amides is 2. The molecule has 0 aliphatic carbocycles. The Kier molecular flexibility index (Phi) is 7.24. The van der Waals surface area contributed by atoms with Crippen molar-refractivity contribution < 1.29 is 9.59 Å². The van der Waals surface area contributed by atoms with E-state index in [0.29, 0.717) is 13.0 Å². The van der Waals surface area contributed by atoms with Crippen molar-refractivity contribution in [3.63, 3.8) is 0 Å². The number of para-hydroxylation sites is 1. The van der Waals surface area contributed by atoms with Gasteiger partial charge in [0.25, 0.3) is 0 Å². The number of hydrogen-bond donors (Lipinski definition) is 3. The number of benzene rings is 1. The maximum Gasteiger partial charge on any atom is 0.243 e. The average molecular weight is 449 g/mol. The lowest BCUT2D eigenvalue weighted by Crippen LogP contribution is -2.47. The first-order valence-corrected chi connectivity index (χ1v) is 11.5. The molecule has 1 aliphatic heterocycles. The molecule has 8 nitrogen and oxygen atoms in total. The molecule has 1 atom stereocenters. The second-order valence-electron chi connectivity index (χ2n) is 8.70. The molecule has 1 aliphatic rings. The lowest BCUT2D eigenvalue weighted by atomic mass is 10.0. The smallest absolute Gasteiger partial charge is 0.243 e. The minimum Gasteiger partial charge on any atom is -0.361 e. The average Bonchev–Trinajstić information content (AvgIpc) is 3.09. The zero-order valence-electron chi connectivity index (χ0n) is 19.3. The summed E-state index contributed by atoms with van der Waals surface area (Å²) in [5, 5.41) is 6.80. The predicted molar refractivity (Wildman–Crippen MR) is 130 cm³/mol. The fraction of sp³-hybridized carbons (Fsp3) is 0.400. The molecule has 1 fully saturated rings. The zero-order chi connectivity index (χ0) is 23.2. The van der Waals surface area contributed by atoms with Gasteiger partial charge in [-0.1, -0.05) is 24.3 Å². The molecule has 0 radical (unpaired) electrons. The Bertz CT molecular complexity index is 1090. The fourth-order valence-corrected chi connectivity index (χ4v) is 4.27. The normalized spacial score (nSPS) is 15.8. The Morgan fingerprint density at radius 2 is 1.97 bits per heavy atom. The van der Waals surface area contributed by atoms with Gasteiger partial charge < -0.3 is 25.4 Å². The third-order valence-corrected chi connectivity index (χ3v) is 6.11. The summed E-state index contributed by atoms with van der Waals surface area (Å²) in [6, 6.07) is 11.3. The zero-order valence-corrected chi connectivity index (χ0v) is 19.3. The summed E-state index contributed by atoms with van der Waals surface area (Å²) in [5.74, 6) is 0.523. The van der Waals surface area contributed by atoms with E-state index in [4.69, 9.17) is 0 Å². The number of H-pyrrole nitrogens is 1. The van der Waals surface area contributed by atoms with Crippen LogP contribution in [0.25, 0.3) is 10.9 Å². The van der Waals surface area contributed by atoms with Gasteiger partial charge in [0.1, 0.15) is 11.9 Å². The molecule has 2 amide bonds. The summed E-state index contributed by atoms with van der Waals surface area (Å²) in [7, 11) is 2.15. The molecule has 174 valence electrons. The summed E-state index contributed by atoms with van der Waals surface area (Å²) in [6.07, 6.45) is 5.25. The first-order chi connectivity index (χ1) is 16.0. The predicted octanol–water partition coefficient (Wildman–Crippen LogP) is 2.07.